The van der Waals surface area contributed by atoms with Gasteiger partial charge in [-0.2, -0.15) is 13.2 Å². The third kappa shape index (κ3) is 5.89. The van der Waals surface area contributed by atoms with Crippen LogP contribution >= 0.6 is 28.4 Å². The van der Waals surface area contributed by atoms with Gasteiger partial charge in [0, 0.05) is 17.6 Å². The first-order valence-corrected chi connectivity index (χ1v) is 11.8. The third-order valence-electron chi connectivity index (χ3n) is 2.49. The van der Waals surface area contributed by atoms with Crippen LogP contribution in [0, 0.1) is 0 Å². The fraction of sp³-hybridized carbons (Fsp3) is 0.500. The first-order valence-electron chi connectivity index (χ1n) is 5.89. The van der Waals surface area contributed by atoms with Gasteiger partial charge in [0.25, 0.3) is 0 Å². The van der Waals surface area contributed by atoms with Gasteiger partial charge >= 0.3 is 5.51 Å². The van der Waals surface area contributed by atoms with E-state index in [-0.39, 0.29) is 5.16 Å². The van der Waals surface area contributed by atoms with Gasteiger partial charge in [0.05, 0.1) is 0 Å². The van der Waals surface area contributed by atoms with Crippen LogP contribution in [0.2, 0.25) is 0 Å². The minimum absolute atomic E-state index is 0.148. The van der Waals surface area contributed by atoms with Gasteiger partial charge < -0.3 is 4.55 Å². The number of alkyl halides is 3. The van der Waals surface area contributed by atoms with Crippen LogP contribution < -0.4 is 5.30 Å². The van der Waals surface area contributed by atoms with Crippen molar-refractivity contribution in [1.29, 1.82) is 0 Å². The minimum atomic E-state index is -6.09. The van der Waals surface area contributed by atoms with Crippen molar-refractivity contribution in [3.8, 4) is 0 Å². The van der Waals surface area contributed by atoms with E-state index < -0.39 is 21.4 Å². The Morgan fingerprint density at radius 3 is 1.73 bits per heavy atom. The molecule has 0 aromatic heterocycles. The zero-order chi connectivity index (χ0) is 17.8. The molecule has 1 unspecified atom stereocenters. The molecule has 0 aliphatic rings. The van der Waals surface area contributed by atoms with Crippen molar-refractivity contribution >= 4 is 43.9 Å². The molecule has 10 heteroatoms. The van der Waals surface area contributed by atoms with Crippen LogP contribution in [0.15, 0.2) is 30.3 Å². The molecule has 1 aromatic rings. The van der Waals surface area contributed by atoms with E-state index in [1.807, 2.05) is 17.4 Å². The van der Waals surface area contributed by atoms with E-state index >= 15 is 0 Å². The Balaban J connectivity index is 0.000000472. The highest BCUT2D eigenvalue weighted by Gasteiger charge is 2.51. The summed E-state index contributed by atoms with van der Waals surface area (Å²) in [4.78, 5) is 0. The fourth-order valence-corrected chi connectivity index (χ4v) is 6.45. The summed E-state index contributed by atoms with van der Waals surface area (Å²) in [5.41, 5.74) is -5.65. The molecule has 0 heterocycles. The van der Waals surface area contributed by atoms with Gasteiger partial charge in [-0.1, -0.05) is 18.2 Å². The maximum Gasteiger partial charge on any atom is 0.485 e. The van der Waals surface area contributed by atoms with Gasteiger partial charge in [-0.3, -0.25) is 0 Å². The Morgan fingerprint density at radius 1 is 1.14 bits per heavy atom. The quantitative estimate of drug-likeness (QED) is 0.416. The van der Waals surface area contributed by atoms with E-state index in [0.717, 1.165) is 0 Å². The molecule has 0 spiro atoms. The molecule has 0 aliphatic heterocycles. The van der Waals surface area contributed by atoms with E-state index in [9.17, 15) is 13.2 Å². The Labute approximate surface area is 138 Å². The first-order chi connectivity index (χ1) is 9.67. The molecule has 0 saturated heterocycles. The monoisotopic (exact) mass is 396 g/mol. The van der Waals surface area contributed by atoms with Crippen LogP contribution in [0.5, 0.6) is 0 Å². The Kier molecular flexibility index (Phi) is 7.70. The SMILES string of the molecule is CS[P+](Cl)(c1ccccc1)C(C)(C)C.O=S(=O)([O-])C(F)(F)F. The molecule has 0 aliphatic carbocycles. The highest BCUT2D eigenvalue weighted by Crippen LogP contribution is 2.79. The van der Waals surface area contributed by atoms with Crippen molar-refractivity contribution in [3.63, 3.8) is 0 Å². The van der Waals surface area contributed by atoms with Crippen molar-refractivity contribution in [2.75, 3.05) is 6.26 Å². The van der Waals surface area contributed by atoms with Gasteiger partial charge in [-0.05, 0) is 32.9 Å². The summed E-state index contributed by atoms with van der Waals surface area (Å²) in [5.74, 6) is -1.60. The Hall–Kier alpha value is -0.0100. The molecule has 0 bridgehead atoms. The zero-order valence-corrected chi connectivity index (χ0v) is 15.7. The summed E-state index contributed by atoms with van der Waals surface area (Å²) in [6.07, 6.45) is 2.11. The lowest BCUT2D eigenvalue weighted by atomic mass is 10.3. The largest absolute Gasteiger partial charge is 0.741 e. The van der Waals surface area contributed by atoms with E-state index in [1.54, 1.807) is 0 Å². The first kappa shape index (κ1) is 22.0. The standard InChI is InChI=1S/C11H17ClPS.CHF3O3S/c1-11(2,3)13(12,14-4)10-8-6-5-7-9-10;2-1(3,4)8(5,6)7/h5-9H,1-4H3;(H,5,6,7)/q+1;/p-1. The molecule has 1 atom stereocenters. The molecule has 128 valence electrons. The van der Waals surface area contributed by atoms with Gasteiger partial charge in [-0.15, -0.1) is 0 Å². The van der Waals surface area contributed by atoms with E-state index in [2.05, 4.69) is 51.3 Å². The second kappa shape index (κ2) is 7.71. The van der Waals surface area contributed by atoms with Crippen LogP contribution in [0.3, 0.4) is 0 Å². The lowest BCUT2D eigenvalue weighted by molar-refractivity contribution is -0.0517. The summed E-state index contributed by atoms with van der Waals surface area (Å²) in [6.45, 7) is 6.66. The fourth-order valence-electron chi connectivity index (χ4n) is 1.39. The molecule has 0 saturated carbocycles. The van der Waals surface area contributed by atoms with Gasteiger partial charge in [0.15, 0.2) is 10.1 Å². The topological polar surface area (TPSA) is 57.2 Å². The smallest absolute Gasteiger partial charge is 0.485 e. The van der Waals surface area contributed by atoms with Crippen LogP contribution in [-0.2, 0) is 10.1 Å². The predicted octanol–water partition coefficient (Wildman–Crippen LogP) is 4.61. The lowest BCUT2D eigenvalue weighted by Crippen LogP contribution is -2.22. The molecule has 22 heavy (non-hydrogen) atoms. The summed E-state index contributed by atoms with van der Waals surface area (Å²) in [7, 11) is -6.09. The van der Waals surface area contributed by atoms with Gasteiger partial charge in [-0.25, -0.2) is 8.42 Å². The maximum atomic E-state index is 10.7. The van der Waals surface area contributed by atoms with E-state index in [4.69, 9.17) is 24.2 Å². The maximum absolute atomic E-state index is 10.7. The van der Waals surface area contributed by atoms with Crippen molar-refractivity contribution in [3.05, 3.63) is 30.3 Å². The van der Waals surface area contributed by atoms with E-state index in [1.165, 1.54) is 5.30 Å². The van der Waals surface area contributed by atoms with Gasteiger partial charge in [0.1, 0.15) is 21.7 Å². The molecule has 1 rings (SSSR count). The number of benzene rings is 1. The Bertz CT molecular complexity index is 574. The molecular weight excluding hydrogens is 380 g/mol. The summed E-state index contributed by atoms with van der Waals surface area (Å²) >= 11 is 8.61. The van der Waals surface area contributed by atoms with Crippen LogP contribution in [0.1, 0.15) is 20.8 Å². The van der Waals surface area contributed by atoms with Crippen LogP contribution in [0.25, 0.3) is 0 Å². The molecule has 0 fully saturated rings. The predicted molar refractivity (Wildman–Crippen MR) is 87.9 cm³/mol. The van der Waals surface area contributed by atoms with Crippen LogP contribution in [0.4, 0.5) is 13.2 Å². The van der Waals surface area contributed by atoms with Crippen molar-refractivity contribution in [2.24, 2.45) is 0 Å². The lowest BCUT2D eigenvalue weighted by Gasteiger charge is -2.28. The van der Waals surface area contributed by atoms with Crippen molar-refractivity contribution in [1.82, 2.24) is 0 Å². The number of halogens is 4. The minimum Gasteiger partial charge on any atom is -0.741 e. The summed E-state index contributed by atoms with van der Waals surface area (Å²) in [5, 5.41) is 1.44. The van der Waals surface area contributed by atoms with Crippen molar-refractivity contribution < 1.29 is 26.1 Å². The molecule has 0 N–H and O–H groups in total. The normalized spacial score (nSPS) is 15.5. The number of hydrogen-bond acceptors (Lipinski definition) is 4. The molecular formula is C12H17ClF3O3PS2. The third-order valence-corrected chi connectivity index (χ3v) is 13.4. The average Bonchev–Trinajstić information content (AvgIpc) is 2.36. The zero-order valence-electron chi connectivity index (χ0n) is 12.4. The second-order valence-corrected chi connectivity index (χ2v) is 14.6. The Morgan fingerprint density at radius 2 is 1.50 bits per heavy atom. The van der Waals surface area contributed by atoms with Crippen molar-refractivity contribution in [2.45, 2.75) is 31.4 Å². The number of hydrogen-bond donors (Lipinski definition) is 0. The molecule has 3 nitrogen and oxygen atoms in total. The molecule has 0 radical (unpaired) electrons. The highest BCUT2D eigenvalue weighted by atomic mass is 35.7. The molecule has 0 amide bonds. The number of rotatable bonds is 2. The average molecular weight is 397 g/mol. The van der Waals surface area contributed by atoms with Crippen LogP contribution in [-0.4, -0.2) is 29.9 Å². The van der Waals surface area contributed by atoms with Gasteiger partial charge in [0.2, 0.25) is 5.82 Å². The summed E-state index contributed by atoms with van der Waals surface area (Å²) < 4.78 is 58.9. The summed E-state index contributed by atoms with van der Waals surface area (Å²) in [6, 6.07) is 10.4. The second-order valence-electron chi connectivity index (χ2n) is 5.12. The molecule has 1 aromatic carbocycles. The van der Waals surface area contributed by atoms with E-state index in [0.29, 0.717) is 0 Å². The highest BCUT2D eigenvalue weighted by molar-refractivity contribution is 8.72.